The Morgan fingerprint density at radius 3 is 2.70 bits per heavy atom. The van der Waals surface area contributed by atoms with Crippen molar-refractivity contribution in [1.29, 1.82) is 0 Å². The van der Waals surface area contributed by atoms with Crippen molar-refractivity contribution in [2.75, 3.05) is 26.2 Å². The van der Waals surface area contributed by atoms with Gasteiger partial charge in [0.05, 0.1) is 0 Å². The van der Waals surface area contributed by atoms with Gasteiger partial charge in [0.25, 0.3) is 0 Å². The molecule has 0 bridgehead atoms. The molecule has 2 heterocycles. The molecule has 1 aromatic rings. The summed E-state index contributed by atoms with van der Waals surface area (Å²) in [5.41, 5.74) is 0.869. The maximum absolute atomic E-state index is 13.3. The molecule has 2 saturated heterocycles. The fourth-order valence-corrected chi connectivity index (χ4v) is 3.49. The highest BCUT2D eigenvalue weighted by molar-refractivity contribution is 5.17. The summed E-state index contributed by atoms with van der Waals surface area (Å²) in [7, 11) is 0. The second-order valence-corrected chi connectivity index (χ2v) is 6.02. The summed E-state index contributed by atoms with van der Waals surface area (Å²) in [5.74, 6) is -1.50. The number of halogens is 2. The number of nitrogens with zero attached hydrogens (tertiary/aromatic N) is 2. The topological polar surface area (TPSA) is 6.48 Å². The van der Waals surface area contributed by atoms with Crippen LogP contribution in [0.1, 0.15) is 31.2 Å². The minimum Gasteiger partial charge on any atom is -0.299 e. The Balaban J connectivity index is 1.65. The molecule has 1 unspecified atom stereocenters. The maximum atomic E-state index is 13.3. The van der Waals surface area contributed by atoms with Crippen LogP contribution in [0.2, 0.25) is 0 Å². The molecule has 110 valence electrons. The Morgan fingerprint density at radius 2 is 1.85 bits per heavy atom. The highest BCUT2D eigenvalue weighted by Crippen LogP contribution is 2.22. The highest BCUT2D eigenvalue weighted by Gasteiger charge is 2.26. The van der Waals surface area contributed by atoms with Gasteiger partial charge in [-0.1, -0.05) is 12.5 Å². The zero-order chi connectivity index (χ0) is 13.9. The average molecular weight is 280 g/mol. The van der Waals surface area contributed by atoms with Crippen molar-refractivity contribution in [3.05, 3.63) is 35.4 Å². The van der Waals surface area contributed by atoms with Crippen LogP contribution in [0.4, 0.5) is 8.78 Å². The van der Waals surface area contributed by atoms with Crippen LogP contribution >= 0.6 is 0 Å². The first-order valence-corrected chi connectivity index (χ1v) is 7.63. The predicted octanol–water partition coefficient (Wildman–Crippen LogP) is 3.03. The lowest BCUT2D eigenvalue weighted by Crippen LogP contribution is -2.43. The van der Waals surface area contributed by atoms with Gasteiger partial charge in [-0.05, 0) is 56.6 Å². The smallest absolute Gasteiger partial charge is 0.159 e. The highest BCUT2D eigenvalue weighted by atomic mass is 19.2. The molecule has 2 fully saturated rings. The summed E-state index contributed by atoms with van der Waals surface area (Å²) < 4.78 is 26.2. The van der Waals surface area contributed by atoms with Crippen LogP contribution < -0.4 is 0 Å². The largest absolute Gasteiger partial charge is 0.299 e. The molecule has 0 aliphatic carbocycles. The van der Waals surface area contributed by atoms with Crippen LogP contribution in [0, 0.1) is 11.6 Å². The molecule has 0 amide bonds. The van der Waals surface area contributed by atoms with Crippen molar-refractivity contribution in [2.24, 2.45) is 0 Å². The van der Waals surface area contributed by atoms with Gasteiger partial charge in [0.2, 0.25) is 0 Å². The number of hydrogen-bond donors (Lipinski definition) is 0. The van der Waals surface area contributed by atoms with E-state index in [0.717, 1.165) is 25.2 Å². The van der Waals surface area contributed by atoms with Crippen molar-refractivity contribution in [2.45, 2.75) is 38.3 Å². The second kappa shape index (κ2) is 6.19. The molecule has 4 heteroatoms. The molecule has 1 atom stereocenters. The van der Waals surface area contributed by atoms with Crippen LogP contribution in [0.15, 0.2) is 18.2 Å². The molecular formula is C16H22F2N2. The van der Waals surface area contributed by atoms with Gasteiger partial charge in [-0.3, -0.25) is 9.80 Å². The zero-order valence-corrected chi connectivity index (χ0v) is 11.8. The number of fused-ring (bicyclic) bond motifs is 1. The van der Waals surface area contributed by atoms with Crippen LogP contribution in [-0.2, 0) is 6.54 Å². The minimum absolute atomic E-state index is 0.650. The average Bonchev–Trinajstić information content (AvgIpc) is 2.64. The van der Waals surface area contributed by atoms with Gasteiger partial charge in [-0.2, -0.15) is 0 Å². The van der Waals surface area contributed by atoms with Crippen molar-refractivity contribution in [1.82, 2.24) is 9.80 Å². The minimum atomic E-state index is -0.761. The van der Waals surface area contributed by atoms with E-state index >= 15 is 0 Å². The van der Waals surface area contributed by atoms with Crippen LogP contribution in [0.25, 0.3) is 0 Å². The van der Waals surface area contributed by atoms with E-state index in [4.69, 9.17) is 0 Å². The lowest BCUT2D eigenvalue weighted by atomic mass is 10.0. The number of rotatable bonds is 2. The third-order valence-corrected chi connectivity index (χ3v) is 4.53. The van der Waals surface area contributed by atoms with Crippen molar-refractivity contribution in [3.8, 4) is 0 Å². The van der Waals surface area contributed by atoms with Gasteiger partial charge in [0.1, 0.15) is 0 Å². The fourth-order valence-electron chi connectivity index (χ4n) is 3.49. The van der Waals surface area contributed by atoms with Gasteiger partial charge < -0.3 is 0 Å². The molecular weight excluding hydrogens is 258 g/mol. The standard InChI is InChI=1S/C16H22F2N2/c17-15-6-5-13(10-16(15)18)11-19-7-3-9-20-8-2-1-4-14(20)12-19/h5-6,10,14H,1-4,7-9,11-12H2. The van der Waals surface area contributed by atoms with E-state index in [9.17, 15) is 8.78 Å². The van der Waals surface area contributed by atoms with E-state index < -0.39 is 11.6 Å². The lowest BCUT2D eigenvalue weighted by Gasteiger charge is -2.35. The Kier molecular flexibility index (Phi) is 4.32. The second-order valence-electron chi connectivity index (χ2n) is 6.02. The van der Waals surface area contributed by atoms with Gasteiger partial charge in [0, 0.05) is 19.1 Å². The summed E-state index contributed by atoms with van der Waals surface area (Å²) >= 11 is 0. The molecule has 2 aliphatic heterocycles. The van der Waals surface area contributed by atoms with Crippen LogP contribution in [0.3, 0.4) is 0 Å². The van der Waals surface area contributed by atoms with Gasteiger partial charge in [-0.25, -0.2) is 8.78 Å². The first kappa shape index (κ1) is 14.0. The number of benzene rings is 1. The Bertz CT molecular complexity index is 464. The predicted molar refractivity (Wildman–Crippen MR) is 75.5 cm³/mol. The summed E-state index contributed by atoms with van der Waals surface area (Å²) in [5, 5.41) is 0. The third-order valence-electron chi connectivity index (χ3n) is 4.53. The molecule has 1 aromatic carbocycles. The van der Waals surface area contributed by atoms with Crippen molar-refractivity contribution < 1.29 is 8.78 Å². The van der Waals surface area contributed by atoms with Gasteiger partial charge in [0.15, 0.2) is 11.6 Å². The van der Waals surface area contributed by atoms with E-state index in [1.807, 2.05) is 0 Å². The molecule has 0 aromatic heterocycles. The third kappa shape index (κ3) is 3.18. The molecule has 0 radical (unpaired) electrons. The summed E-state index contributed by atoms with van der Waals surface area (Å²) in [6.45, 7) is 5.23. The molecule has 20 heavy (non-hydrogen) atoms. The first-order valence-electron chi connectivity index (χ1n) is 7.63. The summed E-state index contributed by atoms with van der Waals surface area (Å²) in [6, 6.07) is 4.91. The Labute approximate surface area is 119 Å². The molecule has 2 aliphatic rings. The molecule has 0 N–H and O–H groups in total. The summed E-state index contributed by atoms with van der Waals surface area (Å²) in [6.07, 6.45) is 5.08. The molecule has 2 nitrogen and oxygen atoms in total. The van der Waals surface area contributed by atoms with Gasteiger partial charge >= 0.3 is 0 Å². The van der Waals surface area contributed by atoms with Crippen LogP contribution in [-0.4, -0.2) is 42.0 Å². The van der Waals surface area contributed by atoms with Crippen molar-refractivity contribution in [3.63, 3.8) is 0 Å². The van der Waals surface area contributed by atoms with Crippen LogP contribution in [0.5, 0.6) is 0 Å². The van der Waals surface area contributed by atoms with Crippen molar-refractivity contribution >= 4 is 0 Å². The molecule has 3 rings (SSSR count). The maximum Gasteiger partial charge on any atom is 0.159 e. The molecule has 0 spiro atoms. The van der Waals surface area contributed by atoms with E-state index in [2.05, 4.69) is 9.80 Å². The van der Waals surface area contributed by atoms with E-state index in [-0.39, 0.29) is 0 Å². The number of hydrogen-bond acceptors (Lipinski definition) is 2. The first-order chi connectivity index (χ1) is 9.72. The normalized spacial score (nSPS) is 25.2. The Morgan fingerprint density at radius 1 is 1.00 bits per heavy atom. The zero-order valence-electron chi connectivity index (χ0n) is 11.8. The molecule has 0 saturated carbocycles. The van der Waals surface area contributed by atoms with E-state index in [1.54, 1.807) is 6.07 Å². The van der Waals surface area contributed by atoms with E-state index in [0.29, 0.717) is 6.04 Å². The fraction of sp³-hybridized carbons (Fsp3) is 0.625. The quantitative estimate of drug-likeness (QED) is 0.821. The summed E-state index contributed by atoms with van der Waals surface area (Å²) in [4.78, 5) is 5.00. The monoisotopic (exact) mass is 280 g/mol. The lowest BCUT2D eigenvalue weighted by molar-refractivity contribution is 0.135. The Hall–Kier alpha value is -1.00. The van der Waals surface area contributed by atoms with E-state index in [1.165, 1.54) is 50.9 Å². The SMILES string of the molecule is Fc1ccc(CN2CCCN3CCCCC3C2)cc1F. The number of piperidine rings is 1. The van der Waals surface area contributed by atoms with Gasteiger partial charge in [-0.15, -0.1) is 0 Å².